The first-order valence-electron chi connectivity index (χ1n) is 9.23. The summed E-state index contributed by atoms with van der Waals surface area (Å²) in [6, 6.07) is 6.82. The van der Waals surface area contributed by atoms with Crippen LogP contribution in [0.5, 0.6) is 11.5 Å². The summed E-state index contributed by atoms with van der Waals surface area (Å²) < 4.78 is 21.2. The second-order valence-electron chi connectivity index (χ2n) is 6.95. The van der Waals surface area contributed by atoms with Gasteiger partial charge in [0, 0.05) is 12.5 Å². The van der Waals surface area contributed by atoms with Gasteiger partial charge in [-0.15, -0.1) is 0 Å². The molecule has 0 bridgehead atoms. The summed E-state index contributed by atoms with van der Waals surface area (Å²) in [6.45, 7) is 6.48. The number of carbonyl (C=O) groups is 2. The molecule has 0 spiro atoms. The van der Waals surface area contributed by atoms with Gasteiger partial charge in [0.05, 0.1) is 24.9 Å². The van der Waals surface area contributed by atoms with Crippen LogP contribution in [0.4, 0.5) is 0 Å². The molecule has 28 heavy (non-hydrogen) atoms. The molecule has 150 valence electrons. The highest BCUT2D eigenvalue weighted by molar-refractivity contribution is 5.88. The molecule has 8 nitrogen and oxygen atoms in total. The number of benzene rings is 1. The van der Waals surface area contributed by atoms with E-state index in [9.17, 15) is 9.59 Å². The van der Waals surface area contributed by atoms with Crippen molar-refractivity contribution in [3.63, 3.8) is 0 Å². The highest BCUT2D eigenvalue weighted by Crippen LogP contribution is 2.34. The van der Waals surface area contributed by atoms with Crippen molar-refractivity contribution in [1.82, 2.24) is 10.5 Å². The van der Waals surface area contributed by atoms with E-state index in [1.807, 2.05) is 32.0 Å². The second-order valence-corrected chi connectivity index (χ2v) is 6.95. The van der Waals surface area contributed by atoms with Gasteiger partial charge in [0.25, 0.3) is 5.91 Å². The van der Waals surface area contributed by atoms with Crippen LogP contribution in [0, 0.1) is 12.8 Å². The first kappa shape index (κ1) is 19.7. The van der Waals surface area contributed by atoms with Crippen molar-refractivity contribution in [3.8, 4) is 11.5 Å². The topological polar surface area (TPSA) is 99.9 Å². The SMILES string of the molecule is Cc1cc(C(=O)OCC(=O)N[C@H](c2ccc3c(c2)OCCCO3)C(C)C)on1. The molecule has 1 N–H and O–H groups in total. The van der Waals surface area contributed by atoms with Crippen LogP contribution in [0.3, 0.4) is 0 Å². The van der Waals surface area contributed by atoms with E-state index in [1.54, 1.807) is 6.92 Å². The van der Waals surface area contributed by atoms with E-state index in [4.69, 9.17) is 18.7 Å². The Labute approximate surface area is 163 Å². The number of ether oxygens (including phenoxy) is 3. The summed E-state index contributed by atoms with van der Waals surface area (Å²) in [7, 11) is 0. The van der Waals surface area contributed by atoms with Gasteiger partial charge in [-0.05, 0) is 30.5 Å². The van der Waals surface area contributed by atoms with E-state index in [2.05, 4.69) is 10.5 Å². The molecule has 1 aromatic carbocycles. The lowest BCUT2D eigenvalue weighted by Gasteiger charge is -2.23. The largest absolute Gasteiger partial charge is 0.490 e. The highest BCUT2D eigenvalue weighted by Gasteiger charge is 2.22. The predicted molar refractivity (Wildman–Crippen MR) is 99.3 cm³/mol. The molecule has 0 aliphatic carbocycles. The Hall–Kier alpha value is -3.03. The van der Waals surface area contributed by atoms with Gasteiger partial charge in [-0.25, -0.2) is 4.79 Å². The lowest BCUT2D eigenvalue weighted by atomic mass is 9.95. The zero-order valence-corrected chi connectivity index (χ0v) is 16.2. The fraction of sp³-hybridized carbons (Fsp3) is 0.450. The first-order valence-corrected chi connectivity index (χ1v) is 9.23. The Morgan fingerprint density at radius 1 is 1.18 bits per heavy atom. The van der Waals surface area contributed by atoms with Crippen molar-refractivity contribution in [1.29, 1.82) is 0 Å². The molecule has 3 rings (SSSR count). The number of fused-ring (bicyclic) bond motifs is 1. The van der Waals surface area contributed by atoms with E-state index in [1.165, 1.54) is 6.07 Å². The first-order chi connectivity index (χ1) is 13.4. The summed E-state index contributed by atoms with van der Waals surface area (Å²) in [6.07, 6.45) is 0.824. The van der Waals surface area contributed by atoms with Crippen LogP contribution in [-0.2, 0) is 9.53 Å². The fourth-order valence-electron chi connectivity index (χ4n) is 2.89. The molecule has 0 radical (unpaired) electrons. The molecule has 1 aliphatic heterocycles. The van der Waals surface area contributed by atoms with Crippen LogP contribution < -0.4 is 14.8 Å². The third-order valence-electron chi connectivity index (χ3n) is 4.28. The number of hydrogen-bond donors (Lipinski definition) is 1. The van der Waals surface area contributed by atoms with Gasteiger partial charge >= 0.3 is 5.97 Å². The molecule has 2 aromatic rings. The summed E-state index contributed by atoms with van der Waals surface area (Å²) in [4.78, 5) is 24.2. The van der Waals surface area contributed by atoms with E-state index in [0.29, 0.717) is 30.4 Å². The zero-order chi connectivity index (χ0) is 20.1. The van der Waals surface area contributed by atoms with Gasteiger partial charge in [-0.1, -0.05) is 25.1 Å². The van der Waals surface area contributed by atoms with Gasteiger partial charge in [0.15, 0.2) is 18.1 Å². The molecule has 0 saturated heterocycles. The third-order valence-corrected chi connectivity index (χ3v) is 4.28. The van der Waals surface area contributed by atoms with Crippen LogP contribution in [0.15, 0.2) is 28.8 Å². The average molecular weight is 388 g/mol. The van der Waals surface area contributed by atoms with Crippen LogP contribution in [0.1, 0.15) is 48.1 Å². The van der Waals surface area contributed by atoms with Crippen molar-refractivity contribution in [3.05, 3.63) is 41.3 Å². The molecule has 1 amide bonds. The normalized spacial score (nSPS) is 14.3. The number of amides is 1. The highest BCUT2D eigenvalue weighted by atomic mass is 16.6. The van der Waals surface area contributed by atoms with Gasteiger partial charge in [0.2, 0.25) is 5.76 Å². The van der Waals surface area contributed by atoms with Crippen molar-refractivity contribution in [2.45, 2.75) is 33.2 Å². The van der Waals surface area contributed by atoms with E-state index in [0.717, 1.165) is 12.0 Å². The van der Waals surface area contributed by atoms with Crippen LogP contribution in [-0.4, -0.2) is 36.9 Å². The molecule has 1 aromatic heterocycles. The maximum atomic E-state index is 12.3. The summed E-state index contributed by atoms with van der Waals surface area (Å²) in [5.74, 6) is 0.311. The quantitative estimate of drug-likeness (QED) is 0.760. The predicted octanol–water partition coefficient (Wildman–Crippen LogP) is 2.81. The molecule has 8 heteroatoms. The molecule has 0 fully saturated rings. The Morgan fingerprint density at radius 3 is 2.61 bits per heavy atom. The third kappa shape index (κ3) is 4.82. The number of carbonyl (C=O) groups excluding carboxylic acids is 2. The minimum absolute atomic E-state index is 0.0337. The van der Waals surface area contributed by atoms with Crippen LogP contribution in [0.25, 0.3) is 0 Å². The molecule has 2 heterocycles. The van der Waals surface area contributed by atoms with Crippen LogP contribution in [0.2, 0.25) is 0 Å². The van der Waals surface area contributed by atoms with E-state index in [-0.39, 0.29) is 17.7 Å². The van der Waals surface area contributed by atoms with Gasteiger partial charge < -0.3 is 24.1 Å². The molecule has 1 aliphatic rings. The molecular formula is C20H24N2O6. The van der Waals surface area contributed by atoms with Gasteiger partial charge in [-0.3, -0.25) is 4.79 Å². The van der Waals surface area contributed by atoms with E-state index >= 15 is 0 Å². The maximum absolute atomic E-state index is 12.3. The summed E-state index contributed by atoms with van der Waals surface area (Å²) in [5, 5.41) is 6.53. The monoisotopic (exact) mass is 388 g/mol. The minimum Gasteiger partial charge on any atom is -0.490 e. The molecule has 0 unspecified atom stereocenters. The Kier molecular flexibility index (Phi) is 6.18. The standard InChI is InChI=1S/C20H24N2O6/c1-12(2)19(14-5-6-15-16(10-14)26-8-4-7-25-15)21-18(23)11-27-20(24)17-9-13(3)22-28-17/h5-6,9-10,12,19H,4,7-8,11H2,1-3H3,(H,21,23)/t19-/m0/s1. The smallest absolute Gasteiger partial charge is 0.377 e. The lowest BCUT2D eigenvalue weighted by molar-refractivity contribution is -0.125. The maximum Gasteiger partial charge on any atom is 0.377 e. The number of nitrogens with zero attached hydrogens (tertiary/aromatic N) is 1. The Bertz CT molecular complexity index is 845. The summed E-state index contributed by atoms with van der Waals surface area (Å²) >= 11 is 0. The number of aromatic nitrogens is 1. The van der Waals surface area contributed by atoms with Crippen LogP contribution >= 0.6 is 0 Å². The minimum atomic E-state index is -0.729. The number of rotatable bonds is 6. The van der Waals surface area contributed by atoms with Gasteiger partial charge in [0.1, 0.15) is 0 Å². The Morgan fingerprint density at radius 2 is 1.93 bits per heavy atom. The number of aryl methyl sites for hydroxylation is 1. The van der Waals surface area contributed by atoms with Crippen molar-refractivity contribution in [2.24, 2.45) is 5.92 Å². The molecule has 0 saturated carbocycles. The van der Waals surface area contributed by atoms with Crippen molar-refractivity contribution < 1.29 is 28.3 Å². The van der Waals surface area contributed by atoms with Crippen molar-refractivity contribution >= 4 is 11.9 Å². The number of esters is 1. The Balaban J connectivity index is 1.63. The van der Waals surface area contributed by atoms with Gasteiger partial charge in [-0.2, -0.15) is 0 Å². The summed E-state index contributed by atoms with van der Waals surface area (Å²) in [5.41, 5.74) is 1.45. The van der Waals surface area contributed by atoms with Crippen molar-refractivity contribution in [2.75, 3.05) is 19.8 Å². The second kappa shape index (κ2) is 8.77. The molecular weight excluding hydrogens is 364 g/mol. The van der Waals surface area contributed by atoms with E-state index < -0.39 is 18.5 Å². The zero-order valence-electron chi connectivity index (χ0n) is 16.2. The lowest BCUT2D eigenvalue weighted by Crippen LogP contribution is -2.35. The average Bonchev–Trinajstić information content (AvgIpc) is 2.97. The fourth-order valence-corrected chi connectivity index (χ4v) is 2.89. The molecule has 1 atom stereocenters. The number of hydrogen-bond acceptors (Lipinski definition) is 7. The number of nitrogens with one attached hydrogen (secondary N) is 1.